The van der Waals surface area contributed by atoms with Crippen LogP contribution >= 0.6 is 23.2 Å². The van der Waals surface area contributed by atoms with E-state index in [1.807, 2.05) is 18.2 Å². The van der Waals surface area contributed by atoms with Gasteiger partial charge < -0.3 is 5.73 Å². The highest BCUT2D eigenvalue weighted by Gasteiger charge is 2.37. The van der Waals surface area contributed by atoms with Gasteiger partial charge in [0.1, 0.15) is 0 Å². The summed E-state index contributed by atoms with van der Waals surface area (Å²) in [5, 5.41) is 1.42. The van der Waals surface area contributed by atoms with Crippen LogP contribution in [0.4, 0.5) is 0 Å². The highest BCUT2D eigenvalue weighted by molar-refractivity contribution is 6.35. The van der Waals surface area contributed by atoms with Crippen molar-refractivity contribution < 1.29 is 0 Å². The summed E-state index contributed by atoms with van der Waals surface area (Å²) in [5.41, 5.74) is 8.09. The highest BCUT2D eigenvalue weighted by atomic mass is 35.5. The SMILES string of the molecule is CCC(C)(C)C1CCC(N)(Cc2ccc(Cl)cc2Cl)CC1. The minimum Gasteiger partial charge on any atom is -0.325 e. The molecule has 1 aromatic rings. The molecule has 1 fully saturated rings. The average Bonchev–Trinajstić information content (AvgIpc) is 2.42. The first-order valence-electron chi connectivity index (χ1n) is 7.98. The highest BCUT2D eigenvalue weighted by Crippen LogP contribution is 2.43. The van der Waals surface area contributed by atoms with E-state index in [0.29, 0.717) is 10.4 Å². The smallest absolute Gasteiger partial charge is 0.0453 e. The Hall–Kier alpha value is -0.240. The van der Waals surface area contributed by atoms with Crippen molar-refractivity contribution in [2.45, 2.75) is 64.8 Å². The van der Waals surface area contributed by atoms with Crippen LogP contribution in [0.1, 0.15) is 58.4 Å². The second kappa shape index (κ2) is 6.48. The fraction of sp³-hybridized carbons (Fsp3) is 0.667. The van der Waals surface area contributed by atoms with Crippen LogP contribution in [0.2, 0.25) is 10.0 Å². The summed E-state index contributed by atoms with van der Waals surface area (Å²) in [6.45, 7) is 7.06. The lowest BCUT2D eigenvalue weighted by Gasteiger charge is -2.43. The van der Waals surface area contributed by atoms with Gasteiger partial charge in [0.25, 0.3) is 0 Å². The molecule has 0 atom stereocenters. The Balaban J connectivity index is 2.02. The molecular weight excluding hydrogens is 301 g/mol. The van der Waals surface area contributed by atoms with Crippen molar-refractivity contribution in [2.24, 2.45) is 17.1 Å². The van der Waals surface area contributed by atoms with Crippen molar-refractivity contribution in [3.8, 4) is 0 Å². The van der Waals surface area contributed by atoms with Crippen molar-refractivity contribution in [1.29, 1.82) is 0 Å². The van der Waals surface area contributed by atoms with E-state index in [2.05, 4.69) is 20.8 Å². The van der Waals surface area contributed by atoms with Crippen LogP contribution in [0.15, 0.2) is 18.2 Å². The molecule has 0 amide bonds. The van der Waals surface area contributed by atoms with Crippen molar-refractivity contribution in [3.05, 3.63) is 33.8 Å². The Labute approximate surface area is 139 Å². The standard InChI is InChI=1S/C18H27Cl2N/c1-4-17(2,3)14-7-9-18(21,10-8-14)12-13-5-6-15(19)11-16(13)20/h5-6,11,14H,4,7-10,12,21H2,1-3H3. The Kier molecular flexibility index (Phi) is 5.28. The van der Waals surface area contributed by atoms with E-state index in [-0.39, 0.29) is 5.54 Å². The first-order chi connectivity index (χ1) is 9.76. The lowest BCUT2D eigenvalue weighted by Crippen LogP contribution is -2.47. The molecule has 0 spiro atoms. The molecule has 2 rings (SSSR count). The minimum absolute atomic E-state index is 0.113. The molecule has 2 N–H and O–H groups in total. The van der Waals surface area contributed by atoms with E-state index in [4.69, 9.17) is 28.9 Å². The fourth-order valence-corrected chi connectivity index (χ4v) is 3.96. The van der Waals surface area contributed by atoms with E-state index >= 15 is 0 Å². The molecule has 1 aliphatic carbocycles. The maximum atomic E-state index is 6.65. The number of benzene rings is 1. The average molecular weight is 328 g/mol. The minimum atomic E-state index is -0.113. The molecule has 0 aliphatic heterocycles. The molecule has 0 bridgehead atoms. The summed E-state index contributed by atoms with van der Waals surface area (Å²) in [4.78, 5) is 0. The molecule has 118 valence electrons. The topological polar surface area (TPSA) is 26.0 Å². The Bertz CT molecular complexity index is 488. The Morgan fingerprint density at radius 2 is 1.86 bits per heavy atom. The zero-order valence-corrected chi connectivity index (χ0v) is 14.9. The molecule has 3 heteroatoms. The normalized spacial score (nSPS) is 26.9. The largest absolute Gasteiger partial charge is 0.325 e. The van der Waals surface area contributed by atoms with Crippen molar-refractivity contribution in [2.75, 3.05) is 0 Å². The van der Waals surface area contributed by atoms with Gasteiger partial charge in [0.2, 0.25) is 0 Å². The van der Waals surface area contributed by atoms with Crippen LogP contribution in [-0.2, 0) is 6.42 Å². The molecule has 1 aromatic carbocycles. The van der Waals surface area contributed by atoms with E-state index in [0.717, 1.165) is 35.8 Å². The number of halogens is 2. The lowest BCUT2D eigenvalue weighted by atomic mass is 9.65. The number of hydrogen-bond acceptors (Lipinski definition) is 1. The van der Waals surface area contributed by atoms with Crippen LogP contribution in [0.3, 0.4) is 0 Å². The van der Waals surface area contributed by atoms with Gasteiger partial charge in [-0.15, -0.1) is 0 Å². The second-order valence-corrected chi connectivity index (χ2v) is 8.23. The first-order valence-corrected chi connectivity index (χ1v) is 8.74. The molecule has 0 unspecified atom stereocenters. The lowest BCUT2D eigenvalue weighted by molar-refractivity contribution is 0.115. The third kappa shape index (κ3) is 4.15. The van der Waals surface area contributed by atoms with Gasteiger partial charge in [0, 0.05) is 15.6 Å². The quantitative estimate of drug-likeness (QED) is 0.736. The van der Waals surface area contributed by atoms with Crippen LogP contribution in [0.5, 0.6) is 0 Å². The van der Waals surface area contributed by atoms with Gasteiger partial charge in [0.05, 0.1) is 0 Å². The van der Waals surface area contributed by atoms with Crippen molar-refractivity contribution in [1.82, 2.24) is 0 Å². The molecule has 1 aliphatic rings. The summed E-state index contributed by atoms with van der Waals surface area (Å²) in [7, 11) is 0. The Morgan fingerprint density at radius 1 is 1.24 bits per heavy atom. The molecule has 0 saturated heterocycles. The Morgan fingerprint density at radius 3 is 2.38 bits per heavy atom. The predicted molar refractivity (Wildman–Crippen MR) is 93.1 cm³/mol. The maximum absolute atomic E-state index is 6.65. The summed E-state index contributed by atoms with van der Waals surface area (Å²) < 4.78 is 0. The summed E-state index contributed by atoms with van der Waals surface area (Å²) >= 11 is 12.3. The van der Waals surface area contributed by atoms with Crippen LogP contribution < -0.4 is 5.73 Å². The molecule has 21 heavy (non-hydrogen) atoms. The van der Waals surface area contributed by atoms with E-state index < -0.39 is 0 Å². The zero-order chi connectivity index (χ0) is 15.7. The molecule has 0 heterocycles. The monoisotopic (exact) mass is 327 g/mol. The van der Waals surface area contributed by atoms with Gasteiger partial charge in [-0.1, -0.05) is 56.5 Å². The van der Waals surface area contributed by atoms with Crippen LogP contribution in [0, 0.1) is 11.3 Å². The van der Waals surface area contributed by atoms with Gasteiger partial charge in [0.15, 0.2) is 0 Å². The summed E-state index contributed by atoms with van der Waals surface area (Å²) in [6, 6.07) is 5.73. The third-order valence-electron chi connectivity index (χ3n) is 5.56. The predicted octanol–water partition coefficient (Wildman–Crippen LogP) is 5.86. The zero-order valence-electron chi connectivity index (χ0n) is 13.4. The van der Waals surface area contributed by atoms with Gasteiger partial charge in [-0.2, -0.15) is 0 Å². The first kappa shape index (κ1) is 17.1. The van der Waals surface area contributed by atoms with Crippen molar-refractivity contribution in [3.63, 3.8) is 0 Å². The number of hydrogen-bond donors (Lipinski definition) is 1. The summed E-state index contributed by atoms with van der Waals surface area (Å²) in [6.07, 6.45) is 6.70. The van der Waals surface area contributed by atoms with Gasteiger partial charge in [-0.3, -0.25) is 0 Å². The van der Waals surface area contributed by atoms with Gasteiger partial charge >= 0.3 is 0 Å². The van der Waals surface area contributed by atoms with Gasteiger partial charge in [-0.05, 0) is 61.1 Å². The van der Waals surface area contributed by atoms with Crippen LogP contribution in [0.25, 0.3) is 0 Å². The third-order valence-corrected chi connectivity index (χ3v) is 6.14. The van der Waals surface area contributed by atoms with Gasteiger partial charge in [-0.25, -0.2) is 0 Å². The summed E-state index contributed by atoms with van der Waals surface area (Å²) in [5.74, 6) is 0.792. The maximum Gasteiger partial charge on any atom is 0.0453 e. The molecule has 1 saturated carbocycles. The number of rotatable bonds is 4. The van der Waals surface area contributed by atoms with Crippen molar-refractivity contribution >= 4 is 23.2 Å². The molecule has 0 aromatic heterocycles. The fourth-order valence-electron chi connectivity index (χ4n) is 3.48. The van der Waals surface area contributed by atoms with E-state index in [1.54, 1.807) is 0 Å². The number of nitrogens with two attached hydrogens (primary N) is 1. The molecular formula is C18H27Cl2N. The van der Waals surface area contributed by atoms with E-state index in [9.17, 15) is 0 Å². The molecule has 1 nitrogen and oxygen atoms in total. The second-order valence-electron chi connectivity index (χ2n) is 7.39. The van der Waals surface area contributed by atoms with Crippen LogP contribution in [-0.4, -0.2) is 5.54 Å². The molecule has 0 radical (unpaired) electrons. The van der Waals surface area contributed by atoms with E-state index in [1.165, 1.54) is 19.3 Å².